The fourth-order valence-corrected chi connectivity index (χ4v) is 2.52. The number of amides is 2. The molecule has 1 aromatic heterocycles. The summed E-state index contributed by atoms with van der Waals surface area (Å²) in [6, 6.07) is 1.31. The Morgan fingerprint density at radius 2 is 2.10 bits per heavy atom. The largest absolute Gasteiger partial charge is 0.480 e. The predicted octanol–water partition coefficient (Wildman–Crippen LogP) is 1.28. The molecule has 2 amide bonds. The molecule has 0 saturated carbocycles. The molecule has 0 aromatic carbocycles. The highest BCUT2D eigenvalue weighted by molar-refractivity contribution is 9.10. The number of aliphatic carboxylic acids is 1. The molecule has 114 valence electrons. The van der Waals surface area contributed by atoms with Gasteiger partial charge in [-0.15, -0.1) is 0 Å². The summed E-state index contributed by atoms with van der Waals surface area (Å²) in [6.07, 6.45) is 3.79. The maximum atomic E-state index is 11.9. The van der Waals surface area contributed by atoms with E-state index < -0.39 is 17.5 Å². The first-order chi connectivity index (χ1) is 10.0. The molecule has 0 spiro atoms. The number of rotatable bonds is 4. The van der Waals surface area contributed by atoms with E-state index in [1.165, 1.54) is 0 Å². The van der Waals surface area contributed by atoms with Crippen LogP contribution in [-0.2, 0) is 16.1 Å². The molecule has 8 heteroatoms. The van der Waals surface area contributed by atoms with E-state index in [1.54, 1.807) is 12.4 Å². The average molecular weight is 358 g/mol. The maximum Gasteiger partial charge on any atom is 0.329 e. The third-order valence-electron chi connectivity index (χ3n) is 3.32. The van der Waals surface area contributed by atoms with Crippen LogP contribution in [0.5, 0.6) is 0 Å². The van der Waals surface area contributed by atoms with Crippen LogP contribution in [0.2, 0.25) is 0 Å². The second-order valence-corrected chi connectivity index (χ2v) is 5.73. The van der Waals surface area contributed by atoms with Crippen LogP contribution in [0.3, 0.4) is 0 Å². The summed E-state index contributed by atoms with van der Waals surface area (Å²) in [4.78, 5) is 27.3. The summed E-state index contributed by atoms with van der Waals surface area (Å²) in [7, 11) is 0. The molecule has 0 bridgehead atoms. The van der Waals surface area contributed by atoms with Crippen molar-refractivity contribution in [2.24, 2.45) is 0 Å². The van der Waals surface area contributed by atoms with Crippen LogP contribution in [0.4, 0.5) is 4.79 Å². The van der Waals surface area contributed by atoms with Gasteiger partial charge in [0.15, 0.2) is 0 Å². The Morgan fingerprint density at radius 3 is 2.71 bits per heavy atom. The molecule has 2 heterocycles. The van der Waals surface area contributed by atoms with Crippen molar-refractivity contribution >= 4 is 27.9 Å². The zero-order valence-corrected chi connectivity index (χ0v) is 12.9. The molecule has 1 saturated heterocycles. The molecular weight excluding hydrogens is 342 g/mol. The van der Waals surface area contributed by atoms with Crippen molar-refractivity contribution < 1.29 is 19.4 Å². The highest BCUT2D eigenvalue weighted by Crippen LogP contribution is 2.21. The van der Waals surface area contributed by atoms with Crippen molar-refractivity contribution in [2.75, 3.05) is 13.2 Å². The second-order valence-electron chi connectivity index (χ2n) is 4.82. The third-order valence-corrected chi connectivity index (χ3v) is 3.76. The van der Waals surface area contributed by atoms with Crippen molar-refractivity contribution in [3.05, 3.63) is 28.5 Å². The fourth-order valence-electron chi connectivity index (χ4n) is 2.11. The smallest absolute Gasteiger partial charge is 0.329 e. The minimum Gasteiger partial charge on any atom is -0.480 e. The van der Waals surface area contributed by atoms with Crippen molar-refractivity contribution in [1.29, 1.82) is 0 Å². The monoisotopic (exact) mass is 357 g/mol. The van der Waals surface area contributed by atoms with Gasteiger partial charge in [-0.2, -0.15) is 0 Å². The minimum absolute atomic E-state index is 0.258. The Morgan fingerprint density at radius 1 is 1.38 bits per heavy atom. The predicted molar refractivity (Wildman–Crippen MR) is 77.7 cm³/mol. The number of carboxylic acids is 1. The Labute approximate surface area is 130 Å². The quantitative estimate of drug-likeness (QED) is 0.753. The number of carbonyl (C=O) groups excluding carboxylic acids is 1. The molecule has 0 atom stereocenters. The highest BCUT2D eigenvalue weighted by Gasteiger charge is 2.41. The van der Waals surface area contributed by atoms with Gasteiger partial charge in [0.05, 0.1) is 0 Å². The topological polar surface area (TPSA) is 101 Å². The molecule has 1 fully saturated rings. The van der Waals surface area contributed by atoms with E-state index in [-0.39, 0.29) is 19.4 Å². The number of halogens is 1. The molecule has 0 aliphatic carbocycles. The molecule has 0 radical (unpaired) electrons. The molecule has 1 aliphatic rings. The molecule has 1 aromatic rings. The summed E-state index contributed by atoms with van der Waals surface area (Å²) < 4.78 is 5.96. The summed E-state index contributed by atoms with van der Waals surface area (Å²) in [5.41, 5.74) is -0.437. The molecule has 21 heavy (non-hydrogen) atoms. The zero-order valence-electron chi connectivity index (χ0n) is 11.3. The Balaban J connectivity index is 1.92. The number of urea groups is 1. The standard InChI is InChI=1S/C13H16BrN3O4/c14-10-5-9(6-15-8-10)7-16-12(20)17-13(11(18)19)1-3-21-4-2-13/h5-6,8H,1-4,7H2,(H,18,19)(H2,16,17,20). The number of ether oxygens (including phenoxy) is 1. The van der Waals surface area contributed by atoms with Gasteiger partial charge in [-0.05, 0) is 27.6 Å². The first kappa shape index (κ1) is 15.7. The SMILES string of the molecule is O=C(NCc1cncc(Br)c1)NC1(C(=O)O)CCOCC1. The number of hydrogen-bond donors (Lipinski definition) is 3. The summed E-state index contributed by atoms with van der Waals surface area (Å²) >= 11 is 3.29. The fraction of sp³-hybridized carbons (Fsp3) is 0.462. The van der Waals surface area contributed by atoms with Gasteiger partial charge in [0.25, 0.3) is 0 Å². The van der Waals surface area contributed by atoms with Crippen molar-refractivity contribution in [1.82, 2.24) is 15.6 Å². The van der Waals surface area contributed by atoms with E-state index in [9.17, 15) is 14.7 Å². The summed E-state index contributed by atoms with van der Waals surface area (Å²) in [5, 5.41) is 14.5. The van der Waals surface area contributed by atoms with Gasteiger partial charge in [0.2, 0.25) is 0 Å². The minimum atomic E-state index is -1.25. The average Bonchev–Trinajstić information content (AvgIpc) is 2.46. The lowest BCUT2D eigenvalue weighted by Crippen LogP contribution is -2.59. The van der Waals surface area contributed by atoms with Crippen LogP contribution in [0.25, 0.3) is 0 Å². The van der Waals surface area contributed by atoms with Gasteiger partial charge in [0.1, 0.15) is 5.54 Å². The van der Waals surface area contributed by atoms with Gasteiger partial charge in [-0.3, -0.25) is 4.98 Å². The molecular formula is C13H16BrN3O4. The van der Waals surface area contributed by atoms with E-state index in [1.807, 2.05) is 6.07 Å². The second kappa shape index (κ2) is 6.86. The van der Waals surface area contributed by atoms with Crippen molar-refractivity contribution in [3.63, 3.8) is 0 Å². The van der Waals surface area contributed by atoms with E-state index in [2.05, 4.69) is 31.5 Å². The van der Waals surface area contributed by atoms with E-state index in [0.29, 0.717) is 13.2 Å². The number of aromatic nitrogens is 1. The van der Waals surface area contributed by atoms with Gasteiger partial charge in [-0.25, -0.2) is 9.59 Å². The molecule has 1 aliphatic heterocycles. The number of nitrogens with zero attached hydrogens (tertiary/aromatic N) is 1. The molecule has 0 unspecified atom stereocenters. The first-order valence-corrected chi connectivity index (χ1v) is 7.28. The highest BCUT2D eigenvalue weighted by atomic mass is 79.9. The van der Waals surface area contributed by atoms with Crippen LogP contribution in [0.15, 0.2) is 22.9 Å². The lowest BCUT2D eigenvalue weighted by Gasteiger charge is -2.33. The number of carbonyl (C=O) groups is 2. The van der Waals surface area contributed by atoms with Crippen LogP contribution >= 0.6 is 15.9 Å². The lowest BCUT2D eigenvalue weighted by molar-refractivity contribution is -0.148. The lowest BCUT2D eigenvalue weighted by atomic mass is 9.90. The number of pyridine rings is 1. The molecule has 3 N–H and O–H groups in total. The zero-order chi connectivity index (χ0) is 15.3. The molecule has 2 rings (SSSR count). The van der Waals surface area contributed by atoms with Crippen molar-refractivity contribution in [2.45, 2.75) is 24.9 Å². The van der Waals surface area contributed by atoms with E-state index in [4.69, 9.17) is 4.74 Å². The van der Waals surface area contributed by atoms with E-state index >= 15 is 0 Å². The van der Waals surface area contributed by atoms with Gasteiger partial charge in [-0.1, -0.05) is 0 Å². The number of nitrogens with one attached hydrogen (secondary N) is 2. The Hall–Kier alpha value is -1.67. The van der Waals surface area contributed by atoms with Crippen LogP contribution in [0.1, 0.15) is 18.4 Å². The number of carboxylic acid groups (broad SMARTS) is 1. The van der Waals surface area contributed by atoms with Crippen LogP contribution in [-0.4, -0.2) is 40.8 Å². The van der Waals surface area contributed by atoms with Crippen molar-refractivity contribution in [3.8, 4) is 0 Å². The maximum absolute atomic E-state index is 11.9. The Kier molecular flexibility index (Phi) is 5.13. The normalized spacial score (nSPS) is 17.0. The van der Waals surface area contributed by atoms with Crippen LogP contribution < -0.4 is 10.6 Å². The Bertz CT molecular complexity index is 532. The summed E-state index contributed by atoms with van der Waals surface area (Å²) in [5.74, 6) is -1.04. The third kappa shape index (κ3) is 4.15. The van der Waals surface area contributed by atoms with Gasteiger partial charge in [0, 0.05) is 49.5 Å². The molecule has 7 nitrogen and oxygen atoms in total. The van der Waals surface area contributed by atoms with E-state index in [0.717, 1.165) is 10.0 Å². The van der Waals surface area contributed by atoms with Gasteiger partial charge < -0.3 is 20.5 Å². The first-order valence-electron chi connectivity index (χ1n) is 6.48. The summed E-state index contributed by atoms with van der Waals surface area (Å²) in [6.45, 7) is 0.911. The number of hydrogen-bond acceptors (Lipinski definition) is 4. The van der Waals surface area contributed by atoms with Crippen LogP contribution in [0, 0.1) is 0 Å². The van der Waals surface area contributed by atoms with Gasteiger partial charge >= 0.3 is 12.0 Å².